The Labute approximate surface area is 245 Å². The number of carbonyl (C=O) groups is 4. The van der Waals surface area contributed by atoms with Crippen LogP contribution in [-0.4, -0.2) is 67.6 Å². The summed E-state index contributed by atoms with van der Waals surface area (Å²) >= 11 is 1.31. The molecule has 12 heteroatoms. The number of nitrogens with one attached hydrogen (secondary N) is 2. The van der Waals surface area contributed by atoms with E-state index in [-0.39, 0.29) is 5.56 Å². The van der Waals surface area contributed by atoms with Gasteiger partial charge in [-0.05, 0) is 43.9 Å². The van der Waals surface area contributed by atoms with E-state index in [1.165, 1.54) is 30.0 Å². The van der Waals surface area contributed by atoms with E-state index >= 15 is 0 Å². The van der Waals surface area contributed by atoms with E-state index < -0.39 is 57.4 Å². The van der Waals surface area contributed by atoms with Crippen molar-refractivity contribution in [2.45, 2.75) is 61.5 Å². The average Bonchev–Trinajstić information content (AvgIpc) is 3.24. The standard InChI is InChI=1S/C30H30N4O7S/c1-30(2)24(29(39)40)34-27(38)21(28(34)42-30)32-26(37)20(15-8-5-4-6-9-15)31-25(36)17-14-33-13-7-10-16-11-12-18(41-3)19(22(16)33)23(17)35/h4-6,8-9,11-12,14,20-21,24,28H,7,10,13H2,1-3H3,(H,31,36)(H,32,37)(H,39,40). The minimum atomic E-state index is -1.22. The number of aliphatic carboxylic acids is 1. The van der Waals surface area contributed by atoms with Gasteiger partial charge in [-0.3, -0.25) is 19.2 Å². The number of amides is 3. The molecule has 4 atom stereocenters. The Morgan fingerprint density at radius 3 is 2.55 bits per heavy atom. The van der Waals surface area contributed by atoms with Crippen LogP contribution in [0.4, 0.5) is 0 Å². The first-order valence-electron chi connectivity index (χ1n) is 13.7. The third-order valence-electron chi connectivity index (χ3n) is 8.22. The van der Waals surface area contributed by atoms with Crippen molar-refractivity contribution < 1.29 is 29.0 Å². The van der Waals surface area contributed by atoms with Gasteiger partial charge in [-0.1, -0.05) is 36.4 Å². The summed E-state index contributed by atoms with van der Waals surface area (Å²) in [4.78, 5) is 67.2. The summed E-state index contributed by atoms with van der Waals surface area (Å²) in [5, 5.41) is 14.9. The predicted octanol–water partition coefficient (Wildman–Crippen LogP) is 2.06. The van der Waals surface area contributed by atoms with Crippen LogP contribution in [0.3, 0.4) is 0 Å². The van der Waals surface area contributed by atoms with Crippen LogP contribution < -0.4 is 20.8 Å². The van der Waals surface area contributed by atoms with Gasteiger partial charge in [0, 0.05) is 17.5 Å². The second kappa shape index (κ2) is 10.2. The highest BCUT2D eigenvalue weighted by molar-refractivity contribution is 8.01. The van der Waals surface area contributed by atoms with Crippen molar-refractivity contribution in [3.8, 4) is 5.75 Å². The van der Waals surface area contributed by atoms with Crippen LogP contribution in [0, 0.1) is 0 Å². The minimum absolute atomic E-state index is 0.128. The summed E-state index contributed by atoms with van der Waals surface area (Å²) < 4.78 is 6.60. The number of hydrogen-bond acceptors (Lipinski definition) is 7. The molecule has 3 amide bonds. The third kappa shape index (κ3) is 4.32. The van der Waals surface area contributed by atoms with Crippen LogP contribution >= 0.6 is 11.8 Å². The van der Waals surface area contributed by atoms with Crippen molar-refractivity contribution >= 4 is 46.4 Å². The highest BCUT2D eigenvalue weighted by Crippen LogP contribution is 2.50. The molecule has 2 aromatic carbocycles. The number of methoxy groups -OCH3 is 1. The Morgan fingerprint density at radius 2 is 1.86 bits per heavy atom. The molecule has 0 spiro atoms. The van der Waals surface area contributed by atoms with Crippen molar-refractivity contribution in [3.63, 3.8) is 0 Å². The number of rotatable bonds is 7. The Hall–Kier alpha value is -4.32. The van der Waals surface area contributed by atoms with Crippen molar-refractivity contribution in [1.82, 2.24) is 20.1 Å². The Bertz CT molecular complexity index is 1700. The van der Waals surface area contributed by atoms with Crippen LogP contribution in [0.5, 0.6) is 5.75 Å². The van der Waals surface area contributed by atoms with Gasteiger partial charge in [0.2, 0.25) is 17.2 Å². The van der Waals surface area contributed by atoms with Crippen molar-refractivity contribution in [2.75, 3.05) is 7.11 Å². The number of β-lactam (4-membered cyclic amide) rings is 1. The zero-order chi connectivity index (χ0) is 29.9. The predicted molar refractivity (Wildman–Crippen MR) is 155 cm³/mol. The molecule has 2 fully saturated rings. The van der Waals surface area contributed by atoms with Crippen LogP contribution in [0.2, 0.25) is 0 Å². The molecule has 0 aliphatic carbocycles. The quantitative estimate of drug-likeness (QED) is 0.355. The average molecular weight is 591 g/mol. The zero-order valence-electron chi connectivity index (χ0n) is 23.2. The highest BCUT2D eigenvalue weighted by atomic mass is 32.2. The van der Waals surface area contributed by atoms with Crippen molar-refractivity contribution in [2.24, 2.45) is 0 Å². The van der Waals surface area contributed by atoms with Gasteiger partial charge in [0.1, 0.15) is 34.8 Å². The van der Waals surface area contributed by atoms with E-state index in [4.69, 9.17) is 4.74 Å². The van der Waals surface area contributed by atoms with Gasteiger partial charge >= 0.3 is 5.97 Å². The molecule has 1 aromatic heterocycles. The molecule has 3 aliphatic heterocycles. The number of carbonyl (C=O) groups excluding carboxylic acids is 3. The molecule has 3 aliphatic rings. The third-order valence-corrected chi connectivity index (χ3v) is 9.79. The summed E-state index contributed by atoms with van der Waals surface area (Å²) in [6.07, 6.45) is 3.18. The molecule has 2 saturated heterocycles. The zero-order valence-corrected chi connectivity index (χ0v) is 24.1. The van der Waals surface area contributed by atoms with Crippen LogP contribution in [0.1, 0.15) is 47.8 Å². The number of thioether (sulfide) groups is 1. The van der Waals surface area contributed by atoms with Gasteiger partial charge in [0.15, 0.2) is 0 Å². The molecule has 11 nitrogen and oxygen atoms in total. The van der Waals surface area contributed by atoms with E-state index in [9.17, 15) is 29.1 Å². The largest absolute Gasteiger partial charge is 0.496 e. The monoisotopic (exact) mass is 590 g/mol. The van der Waals surface area contributed by atoms with E-state index in [0.717, 1.165) is 23.9 Å². The molecule has 0 radical (unpaired) electrons. The summed E-state index contributed by atoms with van der Waals surface area (Å²) in [7, 11) is 1.47. The van der Waals surface area contributed by atoms with E-state index in [1.807, 2.05) is 10.6 Å². The van der Waals surface area contributed by atoms with Gasteiger partial charge in [0.05, 0.1) is 18.0 Å². The molecule has 218 valence electrons. The van der Waals surface area contributed by atoms with Gasteiger partial charge in [-0.2, -0.15) is 0 Å². The summed E-state index contributed by atoms with van der Waals surface area (Å²) in [5.41, 5.74) is 1.57. The molecule has 42 heavy (non-hydrogen) atoms. The normalized spacial score (nSPS) is 22.6. The summed E-state index contributed by atoms with van der Waals surface area (Å²) in [5.74, 6) is -2.62. The first-order valence-corrected chi connectivity index (χ1v) is 14.5. The lowest BCUT2D eigenvalue weighted by Crippen LogP contribution is -2.71. The fourth-order valence-electron chi connectivity index (χ4n) is 6.26. The fourth-order valence-corrected chi connectivity index (χ4v) is 7.89. The van der Waals surface area contributed by atoms with Gasteiger partial charge in [-0.15, -0.1) is 11.8 Å². The number of aryl methyl sites for hydroxylation is 2. The number of hydrogen-bond donors (Lipinski definition) is 3. The lowest BCUT2D eigenvalue weighted by Gasteiger charge is -2.44. The van der Waals surface area contributed by atoms with Gasteiger partial charge < -0.3 is 29.9 Å². The maximum absolute atomic E-state index is 13.7. The minimum Gasteiger partial charge on any atom is -0.496 e. The second-order valence-corrected chi connectivity index (χ2v) is 13.0. The number of ether oxygens (including phenoxy) is 1. The first kappa shape index (κ1) is 27.8. The second-order valence-electron chi connectivity index (χ2n) is 11.2. The molecule has 4 heterocycles. The summed E-state index contributed by atoms with van der Waals surface area (Å²) in [6.45, 7) is 4.12. The smallest absolute Gasteiger partial charge is 0.327 e. The molecule has 3 aromatic rings. The molecule has 6 rings (SSSR count). The molecule has 0 saturated carbocycles. The molecular formula is C30H30N4O7S. The molecule has 4 unspecified atom stereocenters. The number of benzene rings is 2. The molecule has 0 bridgehead atoms. The summed E-state index contributed by atoms with van der Waals surface area (Å²) in [6, 6.07) is 8.99. The highest BCUT2D eigenvalue weighted by Gasteiger charge is 2.64. The lowest BCUT2D eigenvalue weighted by molar-refractivity contribution is -0.161. The molecule has 3 N–H and O–H groups in total. The van der Waals surface area contributed by atoms with Crippen molar-refractivity contribution in [1.29, 1.82) is 0 Å². The van der Waals surface area contributed by atoms with Crippen LogP contribution in [-0.2, 0) is 27.3 Å². The number of pyridine rings is 1. The Balaban J connectivity index is 1.31. The first-order chi connectivity index (χ1) is 20.0. The topological polar surface area (TPSA) is 147 Å². The number of nitrogens with zero attached hydrogens (tertiary/aromatic N) is 2. The Kier molecular flexibility index (Phi) is 6.76. The van der Waals surface area contributed by atoms with Crippen molar-refractivity contribution in [3.05, 3.63) is 75.6 Å². The number of aromatic nitrogens is 1. The fraction of sp³-hybridized carbons (Fsp3) is 0.367. The van der Waals surface area contributed by atoms with Gasteiger partial charge in [-0.25, -0.2) is 4.79 Å². The van der Waals surface area contributed by atoms with Crippen LogP contribution in [0.25, 0.3) is 10.9 Å². The van der Waals surface area contributed by atoms with Crippen LogP contribution in [0.15, 0.2) is 53.5 Å². The van der Waals surface area contributed by atoms with E-state index in [1.54, 1.807) is 50.2 Å². The maximum Gasteiger partial charge on any atom is 0.327 e. The number of carboxylic acid groups (broad SMARTS) is 1. The van der Waals surface area contributed by atoms with Gasteiger partial charge in [0.25, 0.3) is 5.91 Å². The lowest BCUT2D eigenvalue weighted by atomic mass is 9.95. The SMILES string of the molecule is COc1ccc2c3c1c(=O)c(C(=O)NC(C(=O)NC1C(=O)N4C1SC(C)(C)C4C(=O)O)c1ccccc1)cn3CCC2. The van der Waals surface area contributed by atoms with E-state index in [0.29, 0.717) is 23.2 Å². The van der Waals surface area contributed by atoms with E-state index in [2.05, 4.69) is 10.6 Å². The Morgan fingerprint density at radius 1 is 1.12 bits per heavy atom. The number of fused-ring (bicyclic) bond motifs is 1. The maximum atomic E-state index is 13.7. The number of carboxylic acids is 1. The molecular weight excluding hydrogens is 560 g/mol.